The van der Waals surface area contributed by atoms with E-state index in [0.717, 1.165) is 5.56 Å². The minimum absolute atomic E-state index is 0. The summed E-state index contributed by atoms with van der Waals surface area (Å²) in [5, 5.41) is 9.78. The molecule has 0 amide bonds. The van der Waals surface area contributed by atoms with E-state index in [2.05, 4.69) is 0 Å². The first-order chi connectivity index (χ1) is 5.56. The first kappa shape index (κ1) is 13.5. The van der Waals surface area contributed by atoms with Gasteiger partial charge >= 0.3 is 29.6 Å². The van der Waals surface area contributed by atoms with Crippen molar-refractivity contribution in [1.29, 1.82) is 0 Å². The molecule has 1 atom stereocenters. The van der Waals surface area contributed by atoms with Gasteiger partial charge in [-0.1, -0.05) is 29.8 Å². The molecule has 0 saturated heterocycles. The van der Waals surface area contributed by atoms with Crippen LogP contribution in [0.2, 0.25) is 0 Å². The van der Waals surface area contributed by atoms with Crippen molar-refractivity contribution in [2.75, 3.05) is 5.75 Å². The molecular weight excluding hydrogens is 191 g/mol. The van der Waals surface area contributed by atoms with Gasteiger partial charge in [0.05, 0.1) is 5.60 Å². The molecule has 0 aliphatic rings. The first-order valence-electron chi connectivity index (χ1n) is 3.94. The average molecular weight is 204 g/mol. The van der Waals surface area contributed by atoms with E-state index in [4.69, 9.17) is 12.6 Å². The largest absolute Gasteiger partial charge is 1.00 e. The Kier molecular flexibility index (Phi) is 5.64. The second-order valence-corrected chi connectivity index (χ2v) is 3.57. The van der Waals surface area contributed by atoms with Crippen LogP contribution in [0.25, 0.3) is 0 Å². The second-order valence-electron chi connectivity index (χ2n) is 3.28. The van der Waals surface area contributed by atoms with Gasteiger partial charge in [-0.25, -0.2) is 0 Å². The monoisotopic (exact) mass is 204 g/mol. The van der Waals surface area contributed by atoms with Crippen LogP contribution in [-0.4, -0.2) is 10.9 Å². The third-order valence-corrected chi connectivity index (χ3v) is 2.52. The Balaban J connectivity index is 0.00000144. The molecule has 0 radical (unpaired) electrons. The summed E-state index contributed by atoms with van der Waals surface area (Å²) in [6.07, 6.45) is 0. The van der Waals surface area contributed by atoms with E-state index < -0.39 is 5.60 Å². The molecule has 1 rings (SSSR count). The fourth-order valence-corrected chi connectivity index (χ4v) is 1.16. The maximum atomic E-state index is 9.78. The van der Waals surface area contributed by atoms with Crippen molar-refractivity contribution in [3.63, 3.8) is 0 Å². The summed E-state index contributed by atoms with van der Waals surface area (Å²) >= 11 is 4.85. The molecule has 0 heterocycles. The van der Waals surface area contributed by atoms with Crippen LogP contribution in [0, 0.1) is 6.92 Å². The molecule has 0 aliphatic heterocycles. The van der Waals surface area contributed by atoms with Crippen molar-refractivity contribution in [1.82, 2.24) is 0 Å². The fraction of sp³-hybridized carbons (Fsp3) is 0.400. The number of hydrogen-bond acceptors (Lipinski definition) is 2. The summed E-state index contributed by atoms with van der Waals surface area (Å²) in [4.78, 5) is 0. The molecule has 0 saturated carbocycles. The summed E-state index contributed by atoms with van der Waals surface area (Å²) in [6, 6.07) is 7.80. The first-order valence-corrected chi connectivity index (χ1v) is 4.51. The number of rotatable bonds is 2. The Hall–Kier alpha value is 0.530. The normalized spacial score (nSPS) is 14.5. The van der Waals surface area contributed by atoms with Gasteiger partial charge in [-0.2, -0.15) is 0 Å². The minimum Gasteiger partial charge on any atom is -0.790 e. The van der Waals surface area contributed by atoms with Crippen molar-refractivity contribution in [2.24, 2.45) is 0 Å². The van der Waals surface area contributed by atoms with E-state index in [1.54, 1.807) is 6.92 Å². The average Bonchev–Trinajstić information content (AvgIpc) is 2.05. The molecule has 0 spiro atoms. The summed E-state index contributed by atoms with van der Waals surface area (Å²) in [7, 11) is 0. The molecule has 66 valence electrons. The van der Waals surface area contributed by atoms with Crippen LogP contribution in [0.3, 0.4) is 0 Å². The molecule has 1 N–H and O–H groups in total. The third-order valence-electron chi connectivity index (χ3n) is 1.95. The van der Waals surface area contributed by atoms with E-state index in [-0.39, 0.29) is 29.6 Å². The van der Waals surface area contributed by atoms with Crippen molar-refractivity contribution in [2.45, 2.75) is 19.4 Å². The zero-order valence-electron chi connectivity index (χ0n) is 8.37. The van der Waals surface area contributed by atoms with Gasteiger partial charge in [-0.05, 0) is 19.4 Å². The fourth-order valence-electron chi connectivity index (χ4n) is 0.996. The van der Waals surface area contributed by atoms with Gasteiger partial charge in [-0.3, -0.25) is 0 Å². The molecule has 0 fully saturated rings. The SMILES string of the molecule is Cc1ccc(C(C)(O)C[S-])cc1.[Na+]. The molecular formula is C10H13NaOS. The van der Waals surface area contributed by atoms with Crippen molar-refractivity contribution < 1.29 is 34.7 Å². The van der Waals surface area contributed by atoms with Gasteiger partial charge in [0.15, 0.2) is 0 Å². The topological polar surface area (TPSA) is 20.2 Å². The van der Waals surface area contributed by atoms with Gasteiger partial charge < -0.3 is 17.7 Å². The molecule has 1 aromatic carbocycles. The Morgan fingerprint density at radius 1 is 1.31 bits per heavy atom. The number of benzene rings is 1. The Morgan fingerprint density at radius 2 is 1.77 bits per heavy atom. The van der Waals surface area contributed by atoms with Crippen LogP contribution >= 0.6 is 0 Å². The van der Waals surface area contributed by atoms with Gasteiger partial charge in [0, 0.05) is 0 Å². The Labute approximate surface area is 107 Å². The van der Waals surface area contributed by atoms with E-state index in [1.807, 2.05) is 31.2 Å². The quantitative estimate of drug-likeness (QED) is 0.480. The zero-order valence-corrected chi connectivity index (χ0v) is 11.2. The van der Waals surface area contributed by atoms with E-state index >= 15 is 0 Å². The maximum absolute atomic E-state index is 9.78. The zero-order chi connectivity index (χ0) is 9.19. The van der Waals surface area contributed by atoms with Crippen molar-refractivity contribution >= 4 is 12.6 Å². The standard InChI is InChI=1S/C10H14OS.Na/c1-8-3-5-9(6-4-8)10(2,11)7-12;/h3-6,11-12H,7H2,1-2H3;/q;+1/p-1. The molecule has 1 nitrogen and oxygen atoms in total. The summed E-state index contributed by atoms with van der Waals surface area (Å²) in [5.41, 5.74) is 1.23. The maximum Gasteiger partial charge on any atom is 1.00 e. The van der Waals surface area contributed by atoms with Crippen LogP contribution in [0.5, 0.6) is 0 Å². The number of hydrogen-bond donors (Lipinski definition) is 1. The molecule has 0 bridgehead atoms. The molecule has 3 heteroatoms. The third kappa shape index (κ3) is 3.64. The van der Waals surface area contributed by atoms with Crippen LogP contribution < -0.4 is 29.6 Å². The van der Waals surface area contributed by atoms with Gasteiger partial charge in [0.2, 0.25) is 0 Å². The predicted molar refractivity (Wildman–Crippen MR) is 53.0 cm³/mol. The minimum atomic E-state index is -0.858. The predicted octanol–water partition coefficient (Wildman–Crippen LogP) is -1.25. The second kappa shape index (κ2) is 5.42. The molecule has 1 unspecified atom stereocenters. The van der Waals surface area contributed by atoms with E-state index in [9.17, 15) is 5.11 Å². The van der Waals surface area contributed by atoms with Crippen LogP contribution in [0.4, 0.5) is 0 Å². The summed E-state index contributed by atoms with van der Waals surface area (Å²) in [5.74, 6) is 0.329. The van der Waals surface area contributed by atoms with Crippen molar-refractivity contribution in [3.8, 4) is 0 Å². The van der Waals surface area contributed by atoms with Crippen LogP contribution in [0.15, 0.2) is 24.3 Å². The smallest absolute Gasteiger partial charge is 0.790 e. The molecule has 0 aliphatic carbocycles. The number of aliphatic hydroxyl groups is 1. The molecule has 1 aromatic rings. The van der Waals surface area contributed by atoms with E-state index in [1.165, 1.54) is 5.56 Å². The number of aryl methyl sites for hydroxylation is 1. The van der Waals surface area contributed by atoms with Crippen LogP contribution in [0.1, 0.15) is 18.1 Å². The van der Waals surface area contributed by atoms with Crippen LogP contribution in [-0.2, 0) is 18.2 Å². The van der Waals surface area contributed by atoms with Gasteiger partial charge in [-0.15, -0.1) is 5.75 Å². The van der Waals surface area contributed by atoms with Gasteiger partial charge in [0.25, 0.3) is 0 Å². The molecule has 0 aromatic heterocycles. The Bertz CT molecular complexity index is 256. The van der Waals surface area contributed by atoms with Gasteiger partial charge in [0.1, 0.15) is 0 Å². The van der Waals surface area contributed by atoms with Crippen molar-refractivity contribution in [3.05, 3.63) is 35.4 Å². The Morgan fingerprint density at radius 3 is 2.15 bits per heavy atom. The molecule has 13 heavy (non-hydrogen) atoms. The van der Waals surface area contributed by atoms with E-state index in [0.29, 0.717) is 5.75 Å². The summed E-state index contributed by atoms with van der Waals surface area (Å²) < 4.78 is 0. The summed E-state index contributed by atoms with van der Waals surface area (Å²) in [6.45, 7) is 3.76.